The van der Waals surface area contributed by atoms with Gasteiger partial charge in [0.2, 0.25) is 5.82 Å². The summed E-state index contributed by atoms with van der Waals surface area (Å²) < 4.78 is 18.9. The van der Waals surface area contributed by atoms with Gasteiger partial charge in [-0.1, -0.05) is 67.7 Å². The van der Waals surface area contributed by atoms with Crippen LogP contribution in [0.1, 0.15) is 58.3 Å². The maximum Gasteiger partial charge on any atom is 0.331 e. The number of carbonyl (C=O) groups is 1. The van der Waals surface area contributed by atoms with E-state index in [4.69, 9.17) is 4.74 Å². The number of rotatable bonds is 15. The predicted octanol–water partition coefficient (Wildman–Crippen LogP) is 5.10. The van der Waals surface area contributed by atoms with Crippen LogP contribution in [0.3, 0.4) is 0 Å². The summed E-state index contributed by atoms with van der Waals surface area (Å²) in [6.07, 6.45) is 28.3. The quantitative estimate of drug-likeness (QED) is 0.232. The fourth-order valence-electron chi connectivity index (χ4n) is 2.53. The van der Waals surface area contributed by atoms with E-state index in [1.807, 2.05) is 12.2 Å². The van der Waals surface area contributed by atoms with Crippen molar-refractivity contribution in [2.45, 2.75) is 65.0 Å². The highest BCUT2D eigenvalue weighted by Gasteiger charge is 2.06. The zero-order valence-electron chi connectivity index (χ0n) is 18.7. The number of aromatic amines is 1. The van der Waals surface area contributed by atoms with Crippen LogP contribution in [-0.2, 0) is 16.3 Å². The van der Waals surface area contributed by atoms with Crippen LogP contribution < -0.4 is 11.2 Å². The summed E-state index contributed by atoms with van der Waals surface area (Å²) in [6, 6.07) is 0. The molecule has 32 heavy (non-hydrogen) atoms. The number of hydrogen-bond donors (Lipinski definition) is 1. The molecule has 1 heterocycles. The van der Waals surface area contributed by atoms with Crippen LogP contribution in [0.5, 0.6) is 0 Å². The molecule has 0 bridgehead atoms. The minimum absolute atomic E-state index is 0.189. The van der Waals surface area contributed by atoms with Crippen molar-refractivity contribution < 1.29 is 13.9 Å². The minimum atomic E-state index is -1.11. The zero-order valence-corrected chi connectivity index (χ0v) is 18.7. The van der Waals surface area contributed by atoms with Crippen molar-refractivity contribution in [1.82, 2.24) is 9.55 Å². The molecule has 1 aromatic heterocycles. The Morgan fingerprint density at radius 1 is 0.938 bits per heavy atom. The van der Waals surface area contributed by atoms with Gasteiger partial charge in [0, 0.05) is 6.42 Å². The molecule has 6 nitrogen and oxygen atoms in total. The monoisotopic (exact) mass is 444 g/mol. The Balaban J connectivity index is 2.07. The number of carbonyl (C=O) groups excluding carboxylic acids is 1. The number of aromatic nitrogens is 2. The highest BCUT2D eigenvalue weighted by atomic mass is 19.1. The summed E-state index contributed by atoms with van der Waals surface area (Å²) in [5, 5.41) is 0. The average molecular weight is 445 g/mol. The van der Waals surface area contributed by atoms with E-state index < -0.39 is 29.8 Å². The van der Waals surface area contributed by atoms with Gasteiger partial charge in [-0.05, 0) is 44.9 Å². The second-order valence-electron chi connectivity index (χ2n) is 6.95. The van der Waals surface area contributed by atoms with Gasteiger partial charge in [-0.2, -0.15) is 4.39 Å². The Morgan fingerprint density at radius 2 is 1.47 bits per heavy atom. The van der Waals surface area contributed by atoms with Gasteiger partial charge in [0.1, 0.15) is 0 Å². The summed E-state index contributed by atoms with van der Waals surface area (Å²) in [7, 11) is 0. The number of ether oxygens (including phenoxy) is 1. The Hall–Kier alpha value is -3.22. The molecule has 0 radical (unpaired) electrons. The zero-order chi connectivity index (χ0) is 23.4. The molecule has 0 fully saturated rings. The molecule has 0 aromatic carbocycles. The summed E-state index contributed by atoms with van der Waals surface area (Å²) in [6.45, 7) is 1.69. The lowest BCUT2D eigenvalue weighted by Gasteiger charge is -2.06. The number of nitrogens with one attached hydrogen (secondary N) is 1. The molecule has 1 rings (SSSR count). The molecule has 174 valence electrons. The van der Waals surface area contributed by atoms with Crippen LogP contribution in [0.25, 0.3) is 0 Å². The van der Waals surface area contributed by atoms with E-state index >= 15 is 0 Å². The van der Waals surface area contributed by atoms with Crippen molar-refractivity contribution in [3.05, 3.63) is 93.6 Å². The maximum absolute atomic E-state index is 13.1. The van der Waals surface area contributed by atoms with Crippen LogP contribution in [-0.4, -0.2) is 15.5 Å². The van der Waals surface area contributed by atoms with Crippen LogP contribution in [0.15, 0.2) is 76.5 Å². The van der Waals surface area contributed by atoms with Crippen molar-refractivity contribution in [1.29, 1.82) is 0 Å². The first-order valence-corrected chi connectivity index (χ1v) is 10.9. The van der Waals surface area contributed by atoms with Gasteiger partial charge in [-0.15, -0.1) is 0 Å². The SMILES string of the molecule is CC/C=C/C/C=C/C/C=C/C/C=C/C/C=C/CCCC(=O)OCn1cc(F)c(=O)[nH]c1=O. The van der Waals surface area contributed by atoms with Crippen LogP contribution in [0, 0.1) is 5.82 Å². The highest BCUT2D eigenvalue weighted by Crippen LogP contribution is 2.01. The van der Waals surface area contributed by atoms with Crippen molar-refractivity contribution in [2.75, 3.05) is 0 Å². The van der Waals surface area contributed by atoms with Crippen molar-refractivity contribution in [3.63, 3.8) is 0 Å². The first-order valence-electron chi connectivity index (χ1n) is 10.9. The summed E-state index contributed by atoms with van der Waals surface area (Å²) in [5.74, 6) is -1.60. The molecule has 0 atom stereocenters. The van der Waals surface area contributed by atoms with E-state index in [1.165, 1.54) is 0 Å². The third-order valence-electron chi connectivity index (χ3n) is 4.24. The number of esters is 1. The molecule has 0 aliphatic carbocycles. The first-order chi connectivity index (χ1) is 15.5. The Morgan fingerprint density at radius 3 is 2.03 bits per heavy atom. The molecule has 0 aliphatic heterocycles. The predicted molar refractivity (Wildman–Crippen MR) is 126 cm³/mol. The van der Waals surface area contributed by atoms with E-state index in [2.05, 4.69) is 55.5 Å². The average Bonchev–Trinajstić information content (AvgIpc) is 2.77. The summed E-state index contributed by atoms with van der Waals surface area (Å²) in [5.41, 5.74) is -1.93. The number of H-pyrrole nitrogens is 1. The van der Waals surface area contributed by atoms with Crippen LogP contribution in [0.2, 0.25) is 0 Å². The molecule has 0 aliphatic rings. The third kappa shape index (κ3) is 13.2. The molecule has 0 unspecified atom stereocenters. The molecule has 0 saturated carbocycles. The molecule has 1 N–H and O–H groups in total. The Bertz CT molecular complexity index is 936. The van der Waals surface area contributed by atoms with Gasteiger partial charge in [0.05, 0.1) is 6.20 Å². The summed E-state index contributed by atoms with van der Waals surface area (Å²) >= 11 is 0. The van der Waals surface area contributed by atoms with Crippen molar-refractivity contribution in [2.24, 2.45) is 0 Å². The molecule has 1 aromatic rings. The highest BCUT2D eigenvalue weighted by molar-refractivity contribution is 5.69. The molecular formula is C25H33FN2O4. The molecule has 0 saturated heterocycles. The van der Waals surface area contributed by atoms with Gasteiger partial charge in [0.15, 0.2) is 6.73 Å². The van der Waals surface area contributed by atoms with Gasteiger partial charge < -0.3 is 4.74 Å². The number of halogens is 1. The topological polar surface area (TPSA) is 81.2 Å². The standard InChI is InChI=1S/C25H33FN2O4/c1-2-3-4-5-6-7-8-9-10-11-12-13-14-15-16-17-18-19-23(29)32-21-28-20-22(26)24(30)27-25(28)31/h3-4,6-7,9-10,12-13,15-16,20H,2,5,8,11,14,17-19,21H2,1H3,(H,27,30,31)/b4-3+,7-6+,10-9+,13-12+,16-15+. The lowest BCUT2D eigenvalue weighted by atomic mass is 10.2. The molecular weight excluding hydrogens is 411 g/mol. The van der Waals surface area contributed by atoms with Crippen molar-refractivity contribution >= 4 is 5.97 Å². The van der Waals surface area contributed by atoms with Crippen LogP contribution in [0.4, 0.5) is 4.39 Å². The second kappa shape index (κ2) is 17.5. The van der Waals surface area contributed by atoms with E-state index in [-0.39, 0.29) is 6.42 Å². The third-order valence-corrected chi connectivity index (χ3v) is 4.24. The molecule has 0 amide bonds. The van der Waals surface area contributed by atoms with Crippen LogP contribution >= 0.6 is 0 Å². The van der Waals surface area contributed by atoms with Gasteiger partial charge >= 0.3 is 11.7 Å². The minimum Gasteiger partial charge on any atom is -0.444 e. The lowest BCUT2D eigenvalue weighted by molar-refractivity contribution is -0.147. The van der Waals surface area contributed by atoms with Gasteiger partial charge in [-0.25, -0.2) is 4.79 Å². The summed E-state index contributed by atoms with van der Waals surface area (Å²) in [4.78, 5) is 35.9. The number of unbranched alkanes of at least 4 members (excludes halogenated alkanes) is 1. The van der Waals surface area contributed by atoms with E-state index in [1.54, 1.807) is 4.98 Å². The van der Waals surface area contributed by atoms with E-state index in [0.29, 0.717) is 12.6 Å². The Kier molecular flexibility index (Phi) is 14.6. The number of nitrogens with zero attached hydrogens (tertiary/aromatic N) is 1. The van der Waals surface area contributed by atoms with E-state index in [0.717, 1.165) is 43.1 Å². The number of allylic oxidation sites excluding steroid dienone is 10. The van der Waals surface area contributed by atoms with E-state index in [9.17, 15) is 18.8 Å². The normalized spacial score (nSPS) is 12.3. The largest absolute Gasteiger partial charge is 0.444 e. The smallest absolute Gasteiger partial charge is 0.331 e. The Labute approximate surface area is 188 Å². The molecule has 7 heteroatoms. The fourth-order valence-corrected chi connectivity index (χ4v) is 2.53. The first kappa shape index (κ1) is 26.8. The van der Waals surface area contributed by atoms with Crippen molar-refractivity contribution in [3.8, 4) is 0 Å². The van der Waals surface area contributed by atoms with Gasteiger partial charge in [-0.3, -0.25) is 19.1 Å². The molecule has 0 spiro atoms. The second-order valence-corrected chi connectivity index (χ2v) is 6.95. The fraction of sp³-hybridized carbons (Fsp3) is 0.400. The maximum atomic E-state index is 13.1. The lowest BCUT2D eigenvalue weighted by Crippen LogP contribution is -2.32. The van der Waals surface area contributed by atoms with Gasteiger partial charge in [0.25, 0.3) is 5.56 Å². The number of hydrogen-bond acceptors (Lipinski definition) is 4.